The summed E-state index contributed by atoms with van der Waals surface area (Å²) >= 11 is 4.89. The van der Waals surface area contributed by atoms with E-state index in [2.05, 4.69) is 18.9 Å². The van der Waals surface area contributed by atoms with Gasteiger partial charge in [0, 0.05) is 18.7 Å². The van der Waals surface area contributed by atoms with E-state index in [9.17, 15) is 4.39 Å². The van der Waals surface area contributed by atoms with E-state index in [0.717, 1.165) is 30.5 Å². The summed E-state index contributed by atoms with van der Waals surface area (Å²) in [7, 11) is 2.07. The second-order valence-electron chi connectivity index (χ2n) is 5.38. The molecule has 0 aliphatic heterocycles. The third-order valence-corrected chi connectivity index (χ3v) is 3.75. The molecule has 1 fully saturated rings. The number of nitrogens with zero attached hydrogens (tertiary/aromatic N) is 1. The van der Waals surface area contributed by atoms with Crippen LogP contribution in [0.25, 0.3) is 0 Å². The van der Waals surface area contributed by atoms with Crippen LogP contribution < -0.4 is 5.73 Å². The van der Waals surface area contributed by atoms with E-state index in [4.69, 9.17) is 18.0 Å². The zero-order valence-electron chi connectivity index (χ0n) is 10.8. The molecule has 1 aromatic rings. The minimum absolute atomic E-state index is 0.245. The fraction of sp³-hybridized carbons (Fsp3) is 0.500. The topological polar surface area (TPSA) is 29.3 Å². The fourth-order valence-electron chi connectivity index (χ4n) is 2.31. The number of halogens is 1. The van der Waals surface area contributed by atoms with Crippen molar-refractivity contribution in [3.63, 3.8) is 0 Å². The Morgan fingerprint density at radius 1 is 1.50 bits per heavy atom. The van der Waals surface area contributed by atoms with Crippen LogP contribution in [0.5, 0.6) is 0 Å². The van der Waals surface area contributed by atoms with Crippen molar-refractivity contribution in [3.05, 3.63) is 35.1 Å². The van der Waals surface area contributed by atoms with E-state index in [0.29, 0.717) is 5.56 Å². The molecule has 0 radical (unpaired) electrons. The number of benzene rings is 1. The molecule has 1 aromatic carbocycles. The molecular weight excluding hydrogens is 247 g/mol. The van der Waals surface area contributed by atoms with E-state index in [1.165, 1.54) is 12.5 Å². The smallest absolute Gasteiger partial charge is 0.124 e. The molecule has 2 rings (SSSR count). The number of nitrogens with two attached hydrogens (primary N) is 1. The van der Waals surface area contributed by atoms with Gasteiger partial charge in [0.25, 0.3) is 0 Å². The summed E-state index contributed by atoms with van der Waals surface area (Å²) in [6.07, 6.45) is 1.31. The first-order valence-electron chi connectivity index (χ1n) is 6.23. The minimum Gasteiger partial charge on any atom is -0.389 e. The van der Waals surface area contributed by atoms with Crippen LogP contribution in [0.2, 0.25) is 0 Å². The van der Waals surface area contributed by atoms with Gasteiger partial charge in [-0.05, 0) is 49.1 Å². The summed E-state index contributed by atoms with van der Waals surface area (Å²) in [6.45, 7) is 4.07. The molecule has 2 nitrogen and oxygen atoms in total. The van der Waals surface area contributed by atoms with Gasteiger partial charge in [0.1, 0.15) is 10.8 Å². The van der Waals surface area contributed by atoms with Crippen LogP contribution in [-0.2, 0) is 6.54 Å². The first kappa shape index (κ1) is 13.4. The van der Waals surface area contributed by atoms with Crippen molar-refractivity contribution in [2.45, 2.75) is 19.9 Å². The lowest BCUT2D eigenvalue weighted by atomic mass is 10.1. The van der Waals surface area contributed by atoms with Gasteiger partial charge in [-0.3, -0.25) is 0 Å². The summed E-state index contributed by atoms with van der Waals surface area (Å²) in [5, 5.41) is 0. The van der Waals surface area contributed by atoms with Crippen molar-refractivity contribution < 1.29 is 4.39 Å². The van der Waals surface area contributed by atoms with E-state index in [-0.39, 0.29) is 10.8 Å². The molecule has 0 heterocycles. The van der Waals surface area contributed by atoms with Crippen LogP contribution in [0, 0.1) is 17.7 Å². The van der Waals surface area contributed by atoms with Gasteiger partial charge in [-0.15, -0.1) is 0 Å². The molecule has 98 valence electrons. The van der Waals surface area contributed by atoms with Crippen molar-refractivity contribution in [3.8, 4) is 0 Å². The quantitative estimate of drug-likeness (QED) is 0.831. The molecule has 1 saturated carbocycles. The Balaban J connectivity index is 2.01. The van der Waals surface area contributed by atoms with Gasteiger partial charge < -0.3 is 10.6 Å². The van der Waals surface area contributed by atoms with E-state index in [1.54, 1.807) is 6.07 Å². The predicted octanol–water partition coefficient (Wildman–Crippen LogP) is 2.55. The lowest BCUT2D eigenvalue weighted by molar-refractivity contribution is 0.307. The van der Waals surface area contributed by atoms with Crippen molar-refractivity contribution in [2.75, 3.05) is 13.6 Å². The van der Waals surface area contributed by atoms with Gasteiger partial charge in [0.2, 0.25) is 0 Å². The Bertz CT molecular complexity index is 461. The number of rotatable bonds is 5. The van der Waals surface area contributed by atoms with Gasteiger partial charge in [-0.25, -0.2) is 4.39 Å². The molecule has 0 spiro atoms. The largest absolute Gasteiger partial charge is 0.389 e. The Labute approximate surface area is 113 Å². The summed E-state index contributed by atoms with van der Waals surface area (Å²) in [5.41, 5.74) is 7.07. The molecule has 0 saturated heterocycles. The third kappa shape index (κ3) is 3.50. The lowest BCUT2D eigenvalue weighted by Gasteiger charge is -2.17. The molecule has 1 aliphatic rings. The molecule has 1 aliphatic carbocycles. The molecule has 0 bridgehead atoms. The monoisotopic (exact) mass is 266 g/mol. The van der Waals surface area contributed by atoms with Crippen molar-refractivity contribution >= 4 is 17.2 Å². The summed E-state index contributed by atoms with van der Waals surface area (Å²) in [5.74, 6) is 1.37. The van der Waals surface area contributed by atoms with Crippen LogP contribution in [0.4, 0.5) is 4.39 Å². The molecule has 0 amide bonds. The van der Waals surface area contributed by atoms with Crippen LogP contribution >= 0.6 is 12.2 Å². The molecular formula is C14H19FN2S. The molecule has 2 unspecified atom stereocenters. The van der Waals surface area contributed by atoms with Crippen LogP contribution in [0.3, 0.4) is 0 Å². The number of thiocarbonyl (C=S) groups is 1. The standard InChI is InChI=1S/C14H19FN2S/c1-9-3-12(9)8-17(2)7-10-4-11(14(16)18)6-13(15)5-10/h4-6,9,12H,3,7-8H2,1-2H3,(H2,16,18). The number of hydrogen-bond acceptors (Lipinski definition) is 2. The molecule has 2 N–H and O–H groups in total. The Kier molecular flexibility index (Phi) is 3.97. The van der Waals surface area contributed by atoms with Crippen LogP contribution in [0.1, 0.15) is 24.5 Å². The summed E-state index contributed by atoms with van der Waals surface area (Å²) in [6, 6.07) is 4.81. The van der Waals surface area contributed by atoms with E-state index in [1.807, 2.05) is 6.07 Å². The first-order chi connectivity index (χ1) is 8.45. The molecule has 18 heavy (non-hydrogen) atoms. The highest BCUT2D eigenvalue weighted by Gasteiger charge is 2.32. The SMILES string of the molecule is CC1CC1CN(C)Cc1cc(F)cc(C(N)=S)c1. The highest BCUT2D eigenvalue weighted by molar-refractivity contribution is 7.80. The van der Waals surface area contributed by atoms with Gasteiger partial charge in [0.15, 0.2) is 0 Å². The molecule has 4 heteroatoms. The Hall–Kier alpha value is -1.00. The zero-order chi connectivity index (χ0) is 13.3. The minimum atomic E-state index is -0.275. The molecule has 0 aromatic heterocycles. The van der Waals surface area contributed by atoms with Crippen molar-refractivity contribution in [1.82, 2.24) is 4.90 Å². The first-order valence-corrected chi connectivity index (χ1v) is 6.64. The Morgan fingerprint density at radius 3 is 2.72 bits per heavy atom. The van der Waals surface area contributed by atoms with Gasteiger partial charge >= 0.3 is 0 Å². The zero-order valence-corrected chi connectivity index (χ0v) is 11.6. The van der Waals surface area contributed by atoms with E-state index < -0.39 is 0 Å². The van der Waals surface area contributed by atoms with Gasteiger partial charge in [-0.1, -0.05) is 19.1 Å². The maximum Gasteiger partial charge on any atom is 0.124 e. The Morgan fingerprint density at radius 2 is 2.17 bits per heavy atom. The van der Waals surface area contributed by atoms with Gasteiger partial charge in [-0.2, -0.15) is 0 Å². The lowest BCUT2D eigenvalue weighted by Crippen LogP contribution is -2.21. The maximum atomic E-state index is 13.4. The second-order valence-corrected chi connectivity index (χ2v) is 5.82. The predicted molar refractivity (Wildman–Crippen MR) is 75.9 cm³/mol. The van der Waals surface area contributed by atoms with Crippen molar-refractivity contribution in [2.24, 2.45) is 17.6 Å². The maximum absolute atomic E-state index is 13.4. The highest BCUT2D eigenvalue weighted by Crippen LogP contribution is 2.38. The number of hydrogen-bond donors (Lipinski definition) is 1. The molecule has 2 atom stereocenters. The van der Waals surface area contributed by atoms with Crippen LogP contribution in [0.15, 0.2) is 18.2 Å². The van der Waals surface area contributed by atoms with Crippen LogP contribution in [-0.4, -0.2) is 23.5 Å². The summed E-state index contributed by atoms with van der Waals surface area (Å²) < 4.78 is 13.4. The second kappa shape index (κ2) is 5.33. The normalized spacial score (nSPS) is 22.2. The average Bonchev–Trinajstić information content (AvgIpc) is 2.92. The van der Waals surface area contributed by atoms with E-state index >= 15 is 0 Å². The third-order valence-electron chi connectivity index (χ3n) is 3.52. The van der Waals surface area contributed by atoms with Crippen molar-refractivity contribution in [1.29, 1.82) is 0 Å². The average molecular weight is 266 g/mol. The van der Waals surface area contributed by atoms with Gasteiger partial charge in [0.05, 0.1) is 0 Å². The summed E-state index contributed by atoms with van der Waals surface area (Å²) in [4.78, 5) is 2.47. The fourth-order valence-corrected chi connectivity index (χ4v) is 2.43. The highest BCUT2D eigenvalue weighted by atomic mass is 32.1.